The number of carboxylic acids is 1. The minimum atomic E-state index is -0.612. The van der Waals surface area contributed by atoms with Gasteiger partial charge in [0.2, 0.25) is 0 Å². The van der Waals surface area contributed by atoms with Gasteiger partial charge in [-0.15, -0.1) is 0 Å². The fraction of sp³-hybridized carbons (Fsp3) is 0.417. The van der Waals surface area contributed by atoms with Crippen LogP contribution in [0, 0.1) is 5.41 Å². The molecule has 0 saturated heterocycles. The average Bonchev–Trinajstić information content (AvgIpc) is 1.97. The highest BCUT2D eigenvalue weighted by Crippen LogP contribution is 2.73. The first-order valence-electron chi connectivity index (χ1n) is 5.06. The second kappa shape index (κ2) is 2.64. The van der Waals surface area contributed by atoms with E-state index in [0.717, 1.165) is 23.7 Å². The van der Waals surface area contributed by atoms with Crippen LogP contribution in [0.1, 0.15) is 24.8 Å². The molecular formula is C12H11BrO2. The van der Waals surface area contributed by atoms with Crippen molar-refractivity contribution in [2.24, 2.45) is 5.41 Å². The summed E-state index contributed by atoms with van der Waals surface area (Å²) in [5.41, 5.74) is 1.10. The van der Waals surface area contributed by atoms with Crippen molar-refractivity contribution in [1.82, 2.24) is 0 Å². The third-order valence-electron chi connectivity index (χ3n) is 3.92. The standard InChI is InChI=1S/C12H11BrO2/c13-9-3-1-2-8(4-9)11-5-12(6-11,7-11)10(14)15/h1-4H,5-7H2,(H,14,15). The second-order valence-electron chi connectivity index (χ2n) is 4.91. The number of halogens is 1. The molecule has 15 heavy (non-hydrogen) atoms. The van der Waals surface area contributed by atoms with Crippen molar-refractivity contribution in [3.05, 3.63) is 34.3 Å². The maximum absolute atomic E-state index is 11.0. The molecule has 0 aliphatic heterocycles. The molecule has 0 amide bonds. The Morgan fingerprint density at radius 1 is 1.33 bits per heavy atom. The molecule has 0 atom stereocenters. The minimum absolute atomic E-state index is 0.183. The van der Waals surface area contributed by atoms with E-state index in [1.807, 2.05) is 12.1 Å². The molecule has 0 unspecified atom stereocenters. The van der Waals surface area contributed by atoms with Crippen LogP contribution in [0.5, 0.6) is 0 Å². The first kappa shape index (κ1) is 9.40. The highest BCUT2D eigenvalue weighted by Gasteiger charge is 2.72. The monoisotopic (exact) mass is 266 g/mol. The van der Waals surface area contributed by atoms with Crippen molar-refractivity contribution in [3.63, 3.8) is 0 Å². The molecule has 3 aliphatic carbocycles. The Hall–Kier alpha value is -0.830. The van der Waals surface area contributed by atoms with E-state index >= 15 is 0 Å². The van der Waals surface area contributed by atoms with Crippen LogP contribution >= 0.6 is 15.9 Å². The topological polar surface area (TPSA) is 37.3 Å². The third kappa shape index (κ3) is 1.07. The Bertz CT molecular complexity index is 433. The van der Waals surface area contributed by atoms with Gasteiger partial charge in [-0.05, 0) is 42.4 Å². The van der Waals surface area contributed by atoms with Crippen LogP contribution in [0.2, 0.25) is 0 Å². The van der Waals surface area contributed by atoms with E-state index in [1.54, 1.807) is 0 Å². The van der Waals surface area contributed by atoms with Crippen molar-refractivity contribution in [2.75, 3.05) is 0 Å². The van der Waals surface area contributed by atoms with E-state index in [0.29, 0.717) is 0 Å². The lowest BCUT2D eigenvalue weighted by Gasteiger charge is -2.68. The van der Waals surface area contributed by atoms with Gasteiger partial charge in [-0.2, -0.15) is 0 Å². The van der Waals surface area contributed by atoms with Gasteiger partial charge in [0.05, 0.1) is 5.41 Å². The number of carbonyl (C=O) groups is 1. The summed E-state index contributed by atoms with van der Waals surface area (Å²) in [5, 5.41) is 9.04. The maximum Gasteiger partial charge on any atom is 0.309 e. The van der Waals surface area contributed by atoms with Gasteiger partial charge in [0.1, 0.15) is 0 Å². The summed E-state index contributed by atoms with van der Waals surface area (Å²) in [4.78, 5) is 11.0. The molecule has 0 aromatic heterocycles. The highest BCUT2D eigenvalue weighted by molar-refractivity contribution is 9.10. The molecular weight excluding hydrogens is 256 g/mol. The zero-order valence-corrected chi connectivity index (χ0v) is 9.75. The molecule has 0 spiro atoms. The van der Waals surface area contributed by atoms with Gasteiger partial charge < -0.3 is 5.11 Å². The number of hydrogen-bond acceptors (Lipinski definition) is 1. The summed E-state index contributed by atoms with van der Waals surface area (Å²) in [6.45, 7) is 0. The largest absolute Gasteiger partial charge is 0.481 e. The van der Waals surface area contributed by atoms with Gasteiger partial charge >= 0.3 is 5.97 Å². The van der Waals surface area contributed by atoms with Crippen molar-refractivity contribution < 1.29 is 9.90 Å². The summed E-state index contributed by atoms with van der Waals surface area (Å²) in [6, 6.07) is 8.25. The van der Waals surface area contributed by atoms with E-state index in [9.17, 15) is 4.79 Å². The van der Waals surface area contributed by atoms with Crippen molar-refractivity contribution in [3.8, 4) is 0 Å². The molecule has 3 fully saturated rings. The summed E-state index contributed by atoms with van der Waals surface area (Å²) in [7, 11) is 0. The van der Waals surface area contributed by atoms with Crippen LogP contribution < -0.4 is 0 Å². The van der Waals surface area contributed by atoms with E-state index in [1.165, 1.54) is 5.56 Å². The van der Waals surface area contributed by atoms with Crippen molar-refractivity contribution >= 4 is 21.9 Å². The molecule has 2 nitrogen and oxygen atoms in total. The molecule has 1 aromatic carbocycles. The smallest absolute Gasteiger partial charge is 0.309 e. The quantitative estimate of drug-likeness (QED) is 0.894. The number of rotatable bonds is 2. The van der Waals surface area contributed by atoms with Gasteiger partial charge in [-0.25, -0.2) is 0 Å². The molecule has 1 N–H and O–H groups in total. The summed E-state index contributed by atoms with van der Waals surface area (Å²) < 4.78 is 1.08. The fourth-order valence-corrected chi connectivity index (χ4v) is 3.54. The van der Waals surface area contributed by atoms with Crippen LogP contribution in [0.25, 0.3) is 0 Å². The first-order valence-corrected chi connectivity index (χ1v) is 5.85. The highest BCUT2D eigenvalue weighted by atomic mass is 79.9. The van der Waals surface area contributed by atoms with E-state index < -0.39 is 5.97 Å². The SMILES string of the molecule is O=C(O)C12CC(c3cccc(Br)c3)(C1)C2. The van der Waals surface area contributed by atoms with Crippen molar-refractivity contribution in [2.45, 2.75) is 24.7 Å². The molecule has 4 rings (SSSR count). The molecule has 3 saturated carbocycles. The lowest BCUT2D eigenvalue weighted by Crippen LogP contribution is -2.67. The number of benzene rings is 1. The predicted octanol–water partition coefficient (Wildman–Crippen LogP) is 2.96. The Morgan fingerprint density at radius 3 is 2.53 bits per heavy atom. The van der Waals surface area contributed by atoms with Crippen LogP contribution in [0.3, 0.4) is 0 Å². The Labute approximate surface area is 96.4 Å². The van der Waals surface area contributed by atoms with Gasteiger partial charge in [-0.3, -0.25) is 4.79 Å². The van der Waals surface area contributed by atoms with Crippen LogP contribution in [0.15, 0.2) is 28.7 Å². The Kier molecular flexibility index (Phi) is 1.66. The van der Waals surface area contributed by atoms with Gasteiger partial charge in [0, 0.05) is 4.47 Å². The first-order chi connectivity index (χ1) is 7.06. The third-order valence-corrected chi connectivity index (χ3v) is 4.41. The zero-order valence-electron chi connectivity index (χ0n) is 8.16. The summed E-state index contributed by atoms with van der Waals surface area (Å²) in [5.74, 6) is -0.612. The maximum atomic E-state index is 11.0. The molecule has 2 bridgehead atoms. The van der Waals surface area contributed by atoms with Crippen molar-refractivity contribution in [1.29, 1.82) is 0 Å². The number of hydrogen-bond donors (Lipinski definition) is 1. The number of aliphatic carboxylic acids is 1. The van der Waals surface area contributed by atoms with Gasteiger partial charge in [0.25, 0.3) is 0 Å². The second-order valence-corrected chi connectivity index (χ2v) is 5.82. The average molecular weight is 267 g/mol. The van der Waals surface area contributed by atoms with Crippen LogP contribution in [-0.2, 0) is 10.2 Å². The van der Waals surface area contributed by atoms with Crippen LogP contribution in [-0.4, -0.2) is 11.1 Å². The van der Waals surface area contributed by atoms with E-state index in [4.69, 9.17) is 5.11 Å². The summed E-state index contributed by atoms with van der Waals surface area (Å²) in [6.07, 6.45) is 2.48. The molecule has 3 heteroatoms. The van der Waals surface area contributed by atoms with Gasteiger partial charge in [0.15, 0.2) is 0 Å². The van der Waals surface area contributed by atoms with E-state index in [-0.39, 0.29) is 10.8 Å². The molecule has 1 aromatic rings. The molecule has 0 heterocycles. The van der Waals surface area contributed by atoms with Gasteiger partial charge in [-0.1, -0.05) is 28.1 Å². The lowest BCUT2D eigenvalue weighted by atomic mass is 9.33. The molecule has 0 radical (unpaired) electrons. The molecule has 78 valence electrons. The van der Waals surface area contributed by atoms with E-state index in [2.05, 4.69) is 28.1 Å². The predicted molar refractivity (Wildman–Crippen MR) is 59.7 cm³/mol. The molecule has 3 aliphatic rings. The minimum Gasteiger partial charge on any atom is -0.481 e. The lowest BCUT2D eigenvalue weighted by molar-refractivity contribution is -0.194. The summed E-state index contributed by atoms with van der Waals surface area (Å²) >= 11 is 3.45. The number of carboxylic acid groups (broad SMARTS) is 1. The Balaban J connectivity index is 1.87. The zero-order chi connectivity index (χ0) is 10.7. The normalized spacial score (nSPS) is 36.6. The Morgan fingerprint density at radius 2 is 2.00 bits per heavy atom. The van der Waals surface area contributed by atoms with Crippen LogP contribution in [0.4, 0.5) is 0 Å². The fourth-order valence-electron chi connectivity index (χ4n) is 3.14.